The lowest BCUT2D eigenvalue weighted by Crippen LogP contribution is -2.40. The number of aromatic nitrogens is 2. The molecule has 4 aromatic carbocycles. The second kappa shape index (κ2) is 14.5. The van der Waals surface area contributed by atoms with E-state index in [2.05, 4.69) is 10.6 Å². The van der Waals surface area contributed by atoms with Crippen LogP contribution >= 0.6 is 11.3 Å². The van der Waals surface area contributed by atoms with Crippen LogP contribution < -0.4 is 29.1 Å². The van der Waals surface area contributed by atoms with Gasteiger partial charge in [0, 0.05) is 33.8 Å². The molecule has 0 amide bonds. The topological polar surface area (TPSA) is 93.3 Å². The maximum Gasteiger partial charge on any atom is 0.338 e. The molecule has 0 saturated heterocycles. The predicted molar refractivity (Wildman–Crippen MR) is 199 cm³/mol. The summed E-state index contributed by atoms with van der Waals surface area (Å²) in [5, 5.41) is 1.00. The fourth-order valence-corrected chi connectivity index (χ4v) is 7.39. The molecule has 1 aliphatic heterocycles. The first-order valence-electron chi connectivity index (χ1n) is 16.7. The summed E-state index contributed by atoms with van der Waals surface area (Å²) in [6, 6.07) is 30.0. The molecular weight excluding hydrogens is 663 g/mol. The van der Waals surface area contributed by atoms with Gasteiger partial charge in [0.1, 0.15) is 29.9 Å². The number of fused-ring (bicyclic) bond motifs is 2. The molecule has 2 aromatic heterocycles. The normalized spacial score (nSPS) is 14.3. The average molecular weight is 700 g/mol. The second-order valence-corrected chi connectivity index (χ2v) is 13.0. The third-order valence-corrected chi connectivity index (χ3v) is 9.82. The van der Waals surface area contributed by atoms with Crippen molar-refractivity contribution in [3.05, 3.63) is 151 Å². The number of esters is 1. The zero-order chi connectivity index (χ0) is 35.5. The van der Waals surface area contributed by atoms with Gasteiger partial charge < -0.3 is 23.5 Å². The van der Waals surface area contributed by atoms with Crippen molar-refractivity contribution in [2.45, 2.75) is 26.4 Å². The van der Waals surface area contributed by atoms with Crippen molar-refractivity contribution in [2.24, 2.45) is 4.99 Å². The molecule has 1 atom stereocenters. The molecule has 0 aliphatic carbocycles. The quantitative estimate of drug-likeness (QED) is 0.148. The first kappa shape index (κ1) is 33.6. The van der Waals surface area contributed by atoms with E-state index in [4.69, 9.17) is 23.9 Å². The average Bonchev–Trinajstić information content (AvgIpc) is 3.67. The summed E-state index contributed by atoms with van der Waals surface area (Å²) in [6.45, 7) is 5.04. The highest BCUT2D eigenvalue weighted by molar-refractivity contribution is 7.07. The molecule has 1 aliphatic rings. The number of nitrogens with zero attached hydrogens (tertiary/aromatic N) is 3. The van der Waals surface area contributed by atoms with E-state index in [1.807, 2.05) is 92.0 Å². The van der Waals surface area contributed by atoms with Crippen molar-refractivity contribution in [2.75, 3.05) is 27.4 Å². The number of thiazole rings is 1. The van der Waals surface area contributed by atoms with Crippen LogP contribution in [-0.2, 0) is 16.1 Å². The van der Waals surface area contributed by atoms with Gasteiger partial charge in [-0.2, -0.15) is 0 Å². The van der Waals surface area contributed by atoms with Crippen molar-refractivity contribution in [1.82, 2.24) is 9.13 Å². The maximum atomic E-state index is 14.6. The molecule has 0 fully saturated rings. The minimum Gasteiger partial charge on any atom is -0.497 e. The Morgan fingerprint density at radius 3 is 2.41 bits per heavy atom. The molecule has 1 unspecified atom stereocenters. The molecule has 10 heteroatoms. The summed E-state index contributed by atoms with van der Waals surface area (Å²) in [5.41, 5.74) is 4.76. The van der Waals surface area contributed by atoms with Crippen molar-refractivity contribution in [3.63, 3.8) is 0 Å². The van der Waals surface area contributed by atoms with Crippen LogP contribution in [0.4, 0.5) is 0 Å². The van der Waals surface area contributed by atoms with Gasteiger partial charge in [0.2, 0.25) is 0 Å². The van der Waals surface area contributed by atoms with Gasteiger partial charge in [0.05, 0.1) is 43.2 Å². The van der Waals surface area contributed by atoms with E-state index in [1.165, 1.54) is 16.9 Å². The minimum atomic E-state index is -0.914. The Bertz CT molecular complexity index is 2440. The van der Waals surface area contributed by atoms with Gasteiger partial charge in [-0.25, -0.2) is 9.79 Å². The molecule has 0 radical (unpaired) electrons. The molecule has 0 bridgehead atoms. The van der Waals surface area contributed by atoms with Gasteiger partial charge in [-0.3, -0.25) is 9.36 Å². The highest BCUT2D eigenvalue weighted by Gasteiger charge is 2.37. The fourth-order valence-electron chi connectivity index (χ4n) is 6.40. The standard InChI is InChI=1S/C41H37N3O6S/c1-5-49-40(46)36-37(27-11-7-6-8-12-27)42-41-44(38(36)32-24-30(47-3)19-20-34(32)48-4)39(45)35(51-41)23-28-25-43(33-14-10-9-13-31(28)33)21-22-50-29-17-15-26(2)16-18-29/h6-20,23-25,38H,5,21-22H2,1-4H3. The van der Waals surface area contributed by atoms with Crippen LogP contribution in [0.3, 0.4) is 0 Å². The maximum absolute atomic E-state index is 14.6. The zero-order valence-corrected chi connectivity index (χ0v) is 29.6. The number of benzene rings is 4. The lowest BCUT2D eigenvalue weighted by molar-refractivity contribution is -0.138. The number of methoxy groups -OCH3 is 2. The van der Waals surface area contributed by atoms with E-state index in [0.29, 0.717) is 45.2 Å². The molecule has 6 aromatic rings. The molecule has 0 N–H and O–H groups in total. The van der Waals surface area contributed by atoms with Crippen molar-refractivity contribution < 1.29 is 23.7 Å². The van der Waals surface area contributed by atoms with E-state index in [9.17, 15) is 9.59 Å². The Hall–Kier alpha value is -5.87. The summed E-state index contributed by atoms with van der Waals surface area (Å²) in [6.07, 6.45) is 3.95. The van der Waals surface area contributed by atoms with Gasteiger partial charge in [-0.15, -0.1) is 0 Å². The van der Waals surface area contributed by atoms with Crippen molar-refractivity contribution >= 4 is 40.0 Å². The minimum absolute atomic E-state index is 0.150. The van der Waals surface area contributed by atoms with E-state index < -0.39 is 12.0 Å². The largest absolute Gasteiger partial charge is 0.497 e. The predicted octanol–water partition coefficient (Wildman–Crippen LogP) is 6.29. The lowest BCUT2D eigenvalue weighted by Gasteiger charge is -2.27. The van der Waals surface area contributed by atoms with Crippen LogP contribution in [0.2, 0.25) is 0 Å². The summed E-state index contributed by atoms with van der Waals surface area (Å²) in [5.74, 6) is 1.29. The third-order valence-electron chi connectivity index (χ3n) is 8.83. The molecule has 51 heavy (non-hydrogen) atoms. The van der Waals surface area contributed by atoms with Crippen molar-refractivity contribution in [3.8, 4) is 17.2 Å². The summed E-state index contributed by atoms with van der Waals surface area (Å²) < 4.78 is 27.2. The van der Waals surface area contributed by atoms with Gasteiger partial charge in [-0.05, 0) is 56.3 Å². The van der Waals surface area contributed by atoms with E-state index in [-0.39, 0.29) is 17.7 Å². The Kier molecular flexibility index (Phi) is 9.59. The Morgan fingerprint density at radius 2 is 1.67 bits per heavy atom. The number of carbonyl (C=O) groups excluding carboxylic acids is 1. The van der Waals surface area contributed by atoms with Crippen LogP contribution in [0.15, 0.2) is 119 Å². The lowest BCUT2D eigenvalue weighted by atomic mass is 9.92. The number of rotatable bonds is 11. The van der Waals surface area contributed by atoms with Crippen LogP contribution in [0, 0.1) is 6.92 Å². The Morgan fingerprint density at radius 1 is 0.922 bits per heavy atom. The zero-order valence-electron chi connectivity index (χ0n) is 28.8. The van der Waals surface area contributed by atoms with Crippen LogP contribution in [0.5, 0.6) is 17.2 Å². The molecular formula is C41H37N3O6S. The van der Waals surface area contributed by atoms with Gasteiger partial charge in [0.15, 0.2) is 4.80 Å². The molecule has 9 nitrogen and oxygen atoms in total. The van der Waals surface area contributed by atoms with E-state index >= 15 is 0 Å². The number of para-hydroxylation sites is 1. The summed E-state index contributed by atoms with van der Waals surface area (Å²) >= 11 is 1.27. The highest BCUT2D eigenvalue weighted by Crippen LogP contribution is 2.40. The van der Waals surface area contributed by atoms with Gasteiger partial charge >= 0.3 is 5.97 Å². The second-order valence-electron chi connectivity index (χ2n) is 12.0. The summed E-state index contributed by atoms with van der Waals surface area (Å²) in [7, 11) is 3.13. The molecule has 3 heterocycles. The van der Waals surface area contributed by atoms with E-state index in [1.54, 1.807) is 43.9 Å². The fraction of sp³-hybridized carbons (Fsp3) is 0.195. The molecule has 258 valence electrons. The van der Waals surface area contributed by atoms with Crippen LogP contribution in [0.1, 0.15) is 35.2 Å². The smallest absolute Gasteiger partial charge is 0.338 e. The van der Waals surface area contributed by atoms with Crippen LogP contribution in [0.25, 0.3) is 22.7 Å². The molecule has 0 saturated carbocycles. The number of hydrogen-bond acceptors (Lipinski definition) is 8. The Balaban J connectivity index is 1.40. The molecule has 7 rings (SSSR count). The number of carbonyl (C=O) groups is 1. The monoisotopic (exact) mass is 699 g/mol. The number of hydrogen-bond donors (Lipinski definition) is 0. The van der Waals surface area contributed by atoms with Gasteiger partial charge in [-0.1, -0.05) is 77.6 Å². The first-order valence-corrected chi connectivity index (χ1v) is 17.5. The molecule has 0 spiro atoms. The van der Waals surface area contributed by atoms with Crippen molar-refractivity contribution in [1.29, 1.82) is 0 Å². The van der Waals surface area contributed by atoms with E-state index in [0.717, 1.165) is 27.8 Å². The van der Waals surface area contributed by atoms with Crippen LogP contribution in [-0.4, -0.2) is 42.5 Å². The van der Waals surface area contributed by atoms with Gasteiger partial charge in [0.25, 0.3) is 5.56 Å². The first-order chi connectivity index (χ1) is 24.9. The number of ether oxygens (including phenoxy) is 4. The third kappa shape index (κ3) is 6.58. The summed E-state index contributed by atoms with van der Waals surface area (Å²) in [4.78, 5) is 34.0. The SMILES string of the molecule is CCOC(=O)C1=C(c2ccccc2)N=c2sc(=Cc3cn(CCOc4ccc(C)cc4)c4ccccc34)c(=O)n2C1c1cc(OC)ccc1OC. The highest BCUT2D eigenvalue weighted by atomic mass is 32.1. The number of aryl methyl sites for hydroxylation is 1. The Labute approximate surface area is 298 Å².